The number of hydrogen-bond acceptors (Lipinski definition) is 7. The summed E-state index contributed by atoms with van der Waals surface area (Å²) in [6.45, 7) is 1.23. The number of nitrogens with one attached hydrogen (secondary N) is 1. The van der Waals surface area contributed by atoms with Crippen LogP contribution in [0.4, 0.5) is 11.5 Å². The third-order valence-corrected chi connectivity index (χ3v) is 3.39. The third-order valence-electron chi connectivity index (χ3n) is 3.39. The lowest BCUT2D eigenvalue weighted by molar-refractivity contribution is -0.384. The maximum atomic E-state index is 11.0. The molecule has 1 unspecified atom stereocenters. The molecule has 0 spiro atoms. The molecule has 21 heavy (non-hydrogen) atoms. The summed E-state index contributed by atoms with van der Waals surface area (Å²) in [6, 6.07) is 0.974. The van der Waals surface area contributed by atoms with Gasteiger partial charge in [0.1, 0.15) is 5.60 Å². The first kappa shape index (κ1) is 15.1. The number of aromatic carboxylic acids is 1. The number of nitro groups is 1. The van der Waals surface area contributed by atoms with Gasteiger partial charge in [0.05, 0.1) is 17.1 Å². The van der Waals surface area contributed by atoms with Gasteiger partial charge in [0.25, 0.3) is 0 Å². The smallest absolute Gasteiger partial charge is 0.337 e. The van der Waals surface area contributed by atoms with E-state index in [4.69, 9.17) is 14.6 Å². The van der Waals surface area contributed by atoms with Crippen LogP contribution in [0.2, 0.25) is 0 Å². The van der Waals surface area contributed by atoms with Gasteiger partial charge in [-0.15, -0.1) is 0 Å². The number of methoxy groups -OCH3 is 1. The van der Waals surface area contributed by atoms with Crippen LogP contribution in [0, 0.1) is 10.1 Å². The number of pyridine rings is 1. The maximum Gasteiger partial charge on any atom is 0.337 e. The zero-order chi connectivity index (χ0) is 15.5. The summed E-state index contributed by atoms with van der Waals surface area (Å²) in [7, 11) is 1.55. The molecule has 1 aliphatic heterocycles. The SMILES string of the molecule is COC1(CNc2ncc(C(=O)O)cc2[N+](=O)[O-])CCOC1. The molecule has 2 heterocycles. The molecule has 0 aromatic carbocycles. The van der Waals surface area contributed by atoms with Crippen LogP contribution in [0.3, 0.4) is 0 Å². The lowest BCUT2D eigenvalue weighted by atomic mass is 10.0. The van der Waals surface area contributed by atoms with Gasteiger partial charge in [0, 0.05) is 38.9 Å². The summed E-state index contributed by atoms with van der Waals surface area (Å²) in [5, 5.41) is 22.7. The largest absolute Gasteiger partial charge is 0.478 e. The Kier molecular flexibility index (Phi) is 4.34. The number of rotatable bonds is 6. The summed E-state index contributed by atoms with van der Waals surface area (Å²) in [5.74, 6) is -1.26. The Morgan fingerprint density at radius 1 is 1.71 bits per heavy atom. The average molecular weight is 297 g/mol. The predicted octanol–water partition coefficient (Wildman–Crippen LogP) is 0.905. The standard InChI is InChI=1S/C12H15N3O6/c1-20-12(2-3-21-7-12)6-14-10-9(15(18)19)4-8(5-13-10)11(16)17/h4-5H,2-3,6-7H2,1H3,(H,13,14)(H,16,17). The van der Waals surface area contributed by atoms with Crippen molar-refractivity contribution >= 4 is 17.5 Å². The Balaban J connectivity index is 2.19. The van der Waals surface area contributed by atoms with E-state index in [2.05, 4.69) is 10.3 Å². The minimum Gasteiger partial charge on any atom is -0.478 e. The Hall–Kier alpha value is -2.26. The van der Waals surface area contributed by atoms with Crippen molar-refractivity contribution in [1.82, 2.24) is 4.98 Å². The van der Waals surface area contributed by atoms with Crippen LogP contribution in [0.1, 0.15) is 16.8 Å². The first-order chi connectivity index (χ1) is 9.97. The fourth-order valence-electron chi connectivity index (χ4n) is 2.05. The quantitative estimate of drug-likeness (QED) is 0.586. The van der Waals surface area contributed by atoms with Crippen molar-refractivity contribution in [2.75, 3.05) is 32.2 Å². The second-order valence-electron chi connectivity index (χ2n) is 4.70. The summed E-state index contributed by atoms with van der Waals surface area (Å²) in [5.41, 5.74) is -1.18. The molecular formula is C12H15N3O6. The van der Waals surface area contributed by atoms with Gasteiger partial charge < -0.3 is 19.9 Å². The summed E-state index contributed by atoms with van der Waals surface area (Å²) < 4.78 is 10.7. The second-order valence-corrected chi connectivity index (χ2v) is 4.70. The molecule has 0 amide bonds. The number of anilines is 1. The van der Waals surface area contributed by atoms with Gasteiger partial charge in [-0.3, -0.25) is 10.1 Å². The Morgan fingerprint density at radius 3 is 3.00 bits per heavy atom. The van der Waals surface area contributed by atoms with E-state index in [1.165, 1.54) is 0 Å². The molecular weight excluding hydrogens is 282 g/mol. The van der Waals surface area contributed by atoms with Crippen molar-refractivity contribution in [2.45, 2.75) is 12.0 Å². The molecule has 114 valence electrons. The van der Waals surface area contributed by atoms with Gasteiger partial charge in [0.15, 0.2) is 0 Å². The molecule has 1 saturated heterocycles. The molecule has 9 nitrogen and oxygen atoms in total. The zero-order valence-electron chi connectivity index (χ0n) is 11.4. The van der Waals surface area contributed by atoms with E-state index < -0.39 is 16.5 Å². The number of carboxylic acids is 1. The van der Waals surface area contributed by atoms with Crippen molar-refractivity contribution in [2.24, 2.45) is 0 Å². The van der Waals surface area contributed by atoms with Crippen molar-refractivity contribution in [3.05, 3.63) is 27.9 Å². The monoisotopic (exact) mass is 297 g/mol. The van der Waals surface area contributed by atoms with E-state index in [1.807, 2.05) is 0 Å². The zero-order valence-corrected chi connectivity index (χ0v) is 11.4. The van der Waals surface area contributed by atoms with Crippen LogP contribution in [0.5, 0.6) is 0 Å². The third kappa shape index (κ3) is 3.26. The maximum absolute atomic E-state index is 11.0. The highest BCUT2D eigenvalue weighted by Gasteiger charge is 2.35. The van der Waals surface area contributed by atoms with Gasteiger partial charge in [-0.25, -0.2) is 9.78 Å². The van der Waals surface area contributed by atoms with Crippen LogP contribution in [0.15, 0.2) is 12.3 Å². The van der Waals surface area contributed by atoms with Gasteiger partial charge in [0.2, 0.25) is 5.82 Å². The van der Waals surface area contributed by atoms with E-state index in [-0.39, 0.29) is 23.6 Å². The van der Waals surface area contributed by atoms with E-state index in [0.29, 0.717) is 19.6 Å². The van der Waals surface area contributed by atoms with Crippen LogP contribution in [-0.2, 0) is 9.47 Å². The number of aromatic nitrogens is 1. The van der Waals surface area contributed by atoms with Crippen LogP contribution in [0.25, 0.3) is 0 Å². The predicted molar refractivity (Wildman–Crippen MR) is 71.5 cm³/mol. The summed E-state index contributed by atoms with van der Waals surface area (Å²) in [6.07, 6.45) is 1.74. The molecule has 0 aliphatic carbocycles. The molecule has 1 aromatic rings. The molecule has 1 atom stereocenters. The minimum absolute atomic E-state index is 0.00771. The molecule has 1 aliphatic rings. The highest BCUT2D eigenvalue weighted by Crippen LogP contribution is 2.26. The lowest BCUT2D eigenvalue weighted by Gasteiger charge is -2.26. The fraction of sp³-hybridized carbons (Fsp3) is 0.500. The summed E-state index contributed by atoms with van der Waals surface area (Å²) in [4.78, 5) is 25.0. The van der Waals surface area contributed by atoms with Crippen LogP contribution < -0.4 is 5.32 Å². The Bertz CT molecular complexity index is 556. The van der Waals surface area contributed by atoms with Crippen molar-refractivity contribution < 1.29 is 24.3 Å². The van der Waals surface area contributed by atoms with E-state index in [0.717, 1.165) is 12.3 Å². The topological polar surface area (TPSA) is 124 Å². The number of carboxylic acid groups (broad SMARTS) is 1. The number of ether oxygens (including phenoxy) is 2. The number of carbonyl (C=O) groups is 1. The highest BCUT2D eigenvalue weighted by atomic mass is 16.6. The minimum atomic E-state index is -1.27. The molecule has 2 N–H and O–H groups in total. The van der Waals surface area contributed by atoms with Gasteiger partial charge >= 0.3 is 11.7 Å². The molecule has 0 radical (unpaired) electrons. The van der Waals surface area contributed by atoms with Crippen molar-refractivity contribution in [3.8, 4) is 0 Å². The van der Waals surface area contributed by atoms with Crippen molar-refractivity contribution in [1.29, 1.82) is 0 Å². The van der Waals surface area contributed by atoms with Gasteiger partial charge in [-0.1, -0.05) is 0 Å². The normalized spacial score (nSPS) is 21.2. The van der Waals surface area contributed by atoms with E-state index in [1.54, 1.807) is 7.11 Å². The molecule has 1 fully saturated rings. The molecule has 0 saturated carbocycles. The van der Waals surface area contributed by atoms with Crippen LogP contribution in [-0.4, -0.2) is 53.5 Å². The lowest BCUT2D eigenvalue weighted by Crippen LogP contribution is -2.39. The molecule has 9 heteroatoms. The van der Waals surface area contributed by atoms with Crippen molar-refractivity contribution in [3.63, 3.8) is 0 Å². The summed E-state index contributed by atoms with van der Waals surface area (Å²) >= 11 is 0. The number of hydrogen-bond donors (Lipinski definition) is 2. The van der Waals surface area contributed by atoms with Gasteiger partial charge in [-0.2, -0.15) is 0 Å². The Morgan fingerprint density at radius 2 is 2.48 bits per heavy atom. The molecule has 0 bridgehead atoms. The number of nitrogens with zero attached hydrogens (tertiary/aromatic N) is 2. The average Bonchev–Trinajstić information content (AvgIpc) is 2.94. The van der Waals surface area contributed by atoms with Gasteiger partial charge in [-0.05, 0) is 0 Å². The van der Waals surface area contributed by atoms with E-state index >= 15 is 0 Å². The molecule has 2 rings (SSSR count). The molecule has 1 aromatic heterocycles. The first-order valence-corrected chi connectivity index (χ1v) is 6.22. The van der Waals surface area contributed by atoms with E-state index in [9.17, 15) is 14.9 Å². The highest BCUT2D eigenvalue weighted by molar-refractivity contribution is 5.88. The van der Waals surface area contributed by atoms with Crippen LogP contribution >= 0.6 is 0 Å². The Labute approximate surface area is 120 Å². The fourth-order valence-corrected chi connectivity index (χ4v) is 2.05. The first-order valence-electron chi connectivity index (χ1n) is 6.22. The second kappa shape index (κ2) is 6.02.